The zero-order valence-corrected chi connectivity index (χ0v) is 11.5. The number of hydrogen-bond acceptors (Lipinski definition) is 5. The molecule has 19 heavy (non-hydrogen) atoms. The second kappa shape index (κ2) is 6.49. The lowest BCUT2D eigenvalue weighted by atomic mass is 10.2. The third kappa shape index (κ3) is 3.42. The molecular weight excluding hydrogens is 266 g/mol. The van der Waals surface area contributed by atoms with E-state index in [0.29, 0.717) is 16.5 Å². The summed E-state index contributed by atoms with van der Waals surface area (Å²) in [4.78, 5) is 0. The van der Waals surface area contributed by atoms with E-state index in [4.69, 9.17) is 22.1 Å². The quantitative estimate of drug-likeness (QED) is 0.647. The molecule has 1 heterocycles. The van der Waals surface area contributed by atoms with Gasteiger partial charge in [0.2, 0.25) is 0 Å². The van der Waals surface area contributed by atoms with E-state index in [9.17, 15) is 0 Å². The Balaban J connectivity index is 2.14. The molecule has 102 valence electrons. The van der Waals surface area contributed by atoms with Crippen LogP contribution in [0.1, 0.15) is 12.8 Å². The van der Waals surface area contributed by atoms with Crippen molar-refractivity contribution in [2.75, 3.05) is 19.5 Å². The third-order valence-corrected chi connectivity index (χ3v) is 3.05. The number of hydrogen-bond donors (Lipinski definition) is 1. The highest BCUT2D eigenvalue weighted by Crippen LogP contribution is 2.27. The highest BCUT2D eigenvalue weighted by Gasteiger charge is 2.12. The first-order valence-corrected chi connectivity index (χ1v) is 6.40. The van der Waals surface area contributed by atoms with Gasteiger partial charge in [0.1, 0.15) is 0 Å². The number of nitrogens with two attached hydrogens (primary N) is 1. The summed E-state index contributed by atoms with van der Waals surface area (Å²) >= 11 is 6.17. The maximum atomic E-state index is 6.17. The molecular formula is C12H16ClN5O. The maximum Gasteiger partial charge on any atom is 0.183 e. The summed E-state index contributed by atoms with van der Waals surface area (Å²) < 4.78 is 6.76. The lowest BCUT2D eigenvalue weighted by Gasteiger charge is -2.06. The van der Waals surface area contributed by atoms with E-state index in [1.54, 1.807) is 23.9 Å². The van der Waals surface area contributed by atoms with Crippen molar-refractivity contribution < 1.29 is 4.74 Å². The average Bonchev–Trinajstić information content (AvgIpc) is 2.83. The van der Waals surface area contributed by atoms with E-state index < -0.39 is 0 Å². The van der Waals surface area contributed by atoms with Crippen molar-refractivity contribution in [3.63, 3.8) is 0 Å². The monoisotopic (exact) mass is 281 g/mol. The van der Waals surface area contributed by atoms with Crippen LogP contribution in [0.3, 0.4) is 0 Å². The van der Waals surface area contributed by atoms with Crippen LogP contribution >= 0.6 is 11.6 Å². The Hall–Kier alpha value is -1.66. The van der Waals surface area contributed by atoms with Gasteiger partial charge in [0.25, 0.3) is 0 Å². The standard InChI is InChI=1S/C12H16ClN5O/c1-19-7-3-2-6-18-12(15-16-17-18)10-5-4-9(14)8-11(10)13/h4-5,8H,2-3,6-7,14H2,1H3. The molecule has 1 aromatic heterocycles. The van der Waals surface area contributed by atoms with Gasteiger partial charge in [-0.2, -0.15) is 0 Å². The average molecular weight is 282 g/mol. The molecule has 0 radical (unpaired) electrons. The Bertz CT molecular complexity index is 543. The van der Waals surface area contributed by atoms with E-state index in [1.807, 2.05) is 6.07 Å². The maximum absolute atomic E-state index is 6.17. The van der Waals surface area contributed by atoms with Crippen molar-refractivity contribution in [3.05, 3.63) is 23.2 Å². The fourth-order valence-corrected chi connectivity index (χ4v) is 2.04. The molecule has 0 saturated carbocycles. The van der Waals surface area contributed by atoms with Crippen LogP contribution in [-0.2, 0) is 11.3 Å². The Labute approximate surface area is 116 Å². The van der Waals surface area contributed by atoms with E-state index in [1.165, 1.54) is 0 Å². The van der Waals surface area contributed by atoms with Gasteiger partial charge in [-0.1, -0.05) is 11.6 Å². The number of halogens is 1. The van der Waals surface area contributed by atoms with Gasteiger partial charge < -0.3 is 10.5 Å². The first-order chi connectivity index (χ1) is 9.22. The first kappa shape index (κ1) is 13.8. The molecule has 2 rings (SSSR count). The van der Waals surface area contributed by atoms with Gasteiger partial charge in [0.05, 0.1) is 5.02 Å². The molecule has 0 spiro atoms. The van der Waals surface area contributed by atoms with Crippen LogP contribution < -0.4 is 5.73 Å². The fourth-order valence-electron chi connectivity index (χ4n) is 1.77. The zero-order chi connectivity index (χ0) is 13.7. The van der Waals surface area contributed by atoms with E-state index in [2.05, 4.69) is 15.5 Å². The number of aromatic nitrogens is 4. The van der Waals surface area contributed by atoms with E-state index in [0.717, 1.165) is 31.6 Å². The smallest absolute Gasteiger partial charge is 0.183 e. The van der Waals surface area contributed by atoms with Crippen LogP contribution in [0.4, 0.5) is 5.69 Å². The lowest BCUT2D eigenvalue weighted by molar-refractivity contribution is 0.191. The summed E-state index contributed by atoms with van der Waals surface area (Å²) in [6, 6.07) is 5.31. The Morgan fingerprint density at radius 2 is 2.21 bits per heavy atom. The van der Waals surface area contributed by atoms with E-state index in [-0.39, 0.29) is 0 Å². The summed E-state index contributed by atoms with van der Waals surface area (Å²) in [6.07, 6.45) is 1.91. The molecule has 0 aliphatic heterocycles. The third-order valence-electron chi connectivity index (χ3n) is 2.73. The van der Waals surface area contributed by atoms with Crippen molar-refractivity contribution in [3.8, 4) is 11.4 Å². The van der Waals surface area contributed by atoms with Gasteiger partial charge in [-0.3, -0.25) is 0 Å². The number of methoxy groups -OCH3 is 1. The molecule has 0 saturated heterocycles. The molecule has 7 heteroatoms. The van der Waals surface area contributed by atoms with Crippen molar-refractivity contribution in [2.24, 2.45) is 0 Å². The largest absolute Gasteiger partial charge is 0.399 e. The number of aryl methyl sites for hydroxylation is 1. The number of rotatable bonds is 6. The van der Waals surface area contributed by atoms with Gasteiger partial charge in [-0.05, 0) is 41.5 Å². The van der Waals surface area contributed by atoms with Gasteiger partial charge in [0.15, 0.2) is 5.82 Å². The van der Waals surface area contributed by atoms with Crippen LogP contribution in [0, 0.1) is 0 Å². The second-order valence-electron chi connectivity index (χ2n) is 4.16. The van der Waals surface area contributed by atoms with Crippen LogP contribution in [0.2, 0.25) is 5.02 Å². The number of tetrazole rings is 1. The van der Waals surface area contributed by atoms with Gasteiger partial charge in [-0.15, -0.1) is 5.10 Å². The van der Waals surface area contributed by atoms with Crippen LogP contribution in [0.25, 0.3) is 11.4 Å². The Morgan fingerprint density at radius 1 is 1.37 bits per heavy atom. The van der Waals surface area contributed by atoms with Gasteiger partial charge in [-0.25, -0.2) is 4.68 Å². The van der Waals surface area contributed by atoms with Crippen molar-refractivity contribution >= 4 is 17.3 Å². The normalized spacial score (nSPS) is 10.8. The van der Waals surface area contributed by atoms with Crippen LogP contribution in [-0.4, -0.2) is 33.9 Å². The molecule has 0 amide bonds. The summed E-state index contributed by atoms with van der Waals surface area (Å²) in [7, 11) is 1.69. The minimum atomic E-state index is 0.549. The van der Waals surface area contributed by atoms with E-state index >= 15 is 0 Å². The Kier molecular flexibility index (Phi) is 4.70. The zero-order valence-electron chi connectivity index (χ0n) is 10.7. The van der Waals surface area contributed by atoms with Crippen molar-refractivity contribution in [1.29, 1.82) is 0 Å². The number of ether oxygens (including phenoxy) is 1. The molecule has 0 aliphatic rings. The van der Waals surface area contributed by atoms with Crippen LogP contribution in [0.5, 0.6) is 0 Å². The number of nitrogens with zero attached hydrogens (tertiary/aromatic N) is 4. The predicted molar refractivity (Wildman–Crippen MR) is 73.8 cm³/mol. The summed E-state index contributed by atoms with van der Waals surface area (Å²) in [5.41, 5.74) is 7.08. The number of nitrogen functional groups attached to an aromatic ring is 1. The number of anilines is 1. The molecule has 2 aromatic rings. The van der Waals surface area contributed by atoms with Gasteiger partial charge >= 0.3 is 0 Å². The second-order valence-corrected chi connectivity index (χ2v) is 4.57. The highest BCUT2D eigenvalue weighted by atomic mass is 35.5. The minimum Gasteiger partial charge on any atom is -0.399 e. The Morgan fingerprint density at radius 3 is 2.95 bits per heavy atom. The minimum absolute atomic E-state index is 0.549. The topological polar surface area (TPSA) is 78.8 Å². The van der Waals surface area contributed by atoms with Crippen molar-refractivity contribution in [1.82, 2.24) is 20.2 Å². The molecule has 0 fully saturated rings. The number of unbranched alkanes of at least 4 members (excludes halogenated alkanes) is 1. The predicted octanol–water partition coefficient (Wildman–Crippen LogP) is 2.00. The molecule has 1 aromatic carbocycles. The van der Waals surface area contributed by atoms with Crippen molar-refractivity contribution in [2.45, 2.75) is 19.4 Å². The molecule has 6 nitrogen and oxygen atoms in total. The molecule has 0 atom stereocenters. The summed E-state index contributed by atoms with van der Waals surface area (Å²) in [5.74, 6) is 0.655. The van der Waals surface area contributed by atoms with Gasteiger partial charge in [0, 0.05) is 31.5 Å². The SMILES string of the molecule is COCCCCn1nnnc1-c1ccc(N)cc1Cl. The number of benzene rings is 1. The van der Waals surface area contributed by atoms with Crippen LogP contribution in [0.15, 0.2) is 18.2 Å². The summed E-state index contributed by atoms with van der Waals surface area (Å²) in [6.45, 7) is 1.46. The molecule has 0 unspecified atom stereocenters. The molecule has 2 N–H and O–H groups in total. The molecule has 0 bridgehead atoms. The molecule has 0 aliphatic carbocycles. The summed E-state index contributed by atoms with van der Waals surface area (Å²) in [5, 5.41) is 12.3. The lowest BCUT2D eigenvalue weighted by Crippen LogP contribution is -2.04. The highest BCUT2D eigenvalue weighted by molar-refractivity contribution is 6.33. The fraction of sp³-hybridized carbons (Fsp3) is 0.417. The first-order valence-electron chi connectivity index (χ1n) is 6.03.